The summed E-state index contributed by atoms with van der Waals surface area (Å²) < 4.78 is 23.1. The van der Waals surface area contributed by atoms with Crippen molar-refractivity contribution in [1.82, 2.24) is 5.32 Å². The van der Waals surface area contributed by atoms with E-state index in [-0.39, 0.29) is 12.3 Å². The molecular weight excluding hydrogens is 894 g/mol. The van der Waals surface area contributed by atoms with Gasteiger partial charge >= 0.3 is 7.82 Å². The summed E-state index contributed by atoms with van der Waals surface area (Å²) in [6, 6.07) is -1.03. The van der Waals surface area contributed by atoms with Crippen molar-refractivity contribution in [3.8, 4) is 0 Å². The highest BCUT2D eigenvalue weighted by atomic mass is 31.2. The Hall–Kier alpha value is -0.660. The average Bonchev–Trinajstić information content (AvgIpc) is 3.33. The minimum atomic E-state index is -5.06. The summed E-state index contributed by atoms with van der Waals surface area (Å²) in [7, 11) is -5.06. The van der Waals surface area contributed by atoms with Crippen molar-refractivity contribution in [3.05, 3.63) is 0 Å². The largest absolute Gasteiger partial charge is 0.472 e. The Morgan fingerprint density at radius 2 is 0.696 bits per heavy atom. The Balaban J connectivity index is 2.24. The third-order valence-electron chi connectivity index (χ3n) is 14.7. The van der Waals surface area contributed by atoms with Gasteiger partial charge in [0.25, 0.3) is 0 Å². The molecule has 12 nitrogen and oxygen atoms in total. The number of aliphatic hydroxyl groups is 6. The highest BCUT2D eigenvalue weighted by molar-refractivity contribution is 7.47. The first-order valence-corrected chi connectivity index (χ1v) is 31.0. The minimum Gasteiger partial charge on any atom is -0.391 e. The second-order valence-electron chi connectivity index (χ2n) is 21.2. The lowest BCUT2D eigenvalue weighted by molar-refractivity contribution is -0.220. The Bertz CT molecular complexity index is 1170. The van der Waals surface area contributed by atoms with Gasteiger partial charge in [-0.1, -0.05) is 277 Å². The molecule has 0 aromatic heterocycles. The SMILES string of the molecule is CCCCCCCCCCCCCCCCCCCCCCCCCCCCCCC(=O)N[C@@H](COP(=O)(O)OC1C(O)C(O)C(O)[C@@H](O)C1O)[C@H](O)CCCCCCCCCCCCCCCC. The lowest BCUT2D eigenvalue weighted by Gasteiger charge is -2.41. The zero-order chi connectivity index (χ0) is 50.6. The monoisotopic (exact) mass is 1010 g/mol. The molecule has 1 aliphatic rings. The third kappa shape index (κ3) is 36.8. The van der Waals surface area contributed by atoms with E-state index < -0.39 is 63.2 Å². The lowest BCUT2D eigenvalue weighted by Crippen LogP contribution is -2.64. The van der Waals surface area contributed by atoms with E-state index in [4.69, 9.17) is 9.05 Å². The molecule has 0 aliphatic heterocycles. The van der Waals surface area contributed by atoms with Crippen LogP contribution in [-0.4, -0.2) is 96.8 Å². The van der Waals surface area contributed by atoms with E-state index in [0.29, 0.717) is 19.3 Å². The molecule has 1 aliphatic carbocycles. The molecule has 0 aromatic rings. The number of carbonyl (C=O) groups excluding carboxylic acids is 1. The fraction of sp³-hybridized carbons (Fsp3) is 0.982. The molecule has 1 rings (SSSR count). The molecule has 0 heterocycles. The first-order valence-electron chi connectivity index (χ1n) is 29.5. The van der Waals surface area contributed by atoms with E-state index in [2.05, 4.69) is 19.2 Å². The summed E-state index contributed by atoms with van der Waals surface area (Å²) >= 11 is 0. The number of unbranched alkanes of at least 4 members (excludes halogenated alkanes) is 40. The number of hydrogen-bond acceptors (Lipinski definition) is 10. The number of phosphoric ester groups is 1. The van der Waals surface area contributed by atoms with Gasteiger partial charge in [0.15, 0.2) is 0 Å². The van der Waals surface area contributed by atoms with Crippen molar-refractivity contribution in [2.75, 3.05) is 6.61 Å². The number of carbonyl (C=O) groups is 1. The van der Waals surface area contributed by atoms with Crippen LogP contribution in [0.3, 0.4) is 0 Å². The molecule has 0 radical (unpaired) electrons. The van der Waals surface area contributed by atoms with Gasteiger partial charge < -0.3 is 40.8 Å². The van der Waals surface area contributed by atoms with Crippen LogP contribution in [0.2, 0.25) is 0 Å². The molecule has 0 saturated heterocycles. The van der Waals surface area contributed by atoms with Crippen LogP contribution in [0.1, 0.15) is 296 Å². The zero-order valence-electron chi connectivity index (χ0n) is 44.6. The smallest absolute Gasteiger partial charge is 0.391 e. The first kappa shape index (κ1) is 66.4. The van der Waals surface area contributed by atoms with E-state index >= 15 is 0 Å². The lowest BCUT2D eigenvalue weighted by atomic mass is 9.85. The number of nitrogens with one attached hydrogen (secondary N) is 1. The van der Waals surface area contributed by atoms with Crippen molar-refractivity contribution in [2.24, 2.45) is 0 Å². The van der Waals surface area contributed by atoms with Gasteiger partial charge in [-0.25, -0.2) is 4.57 Å². The van der Waals surface area contributed by atoms with Gasteiger partial charge in [-0.3, -0.25) is 13.8 Å². The minimum absolute atomic E-state index is 0.243. The second-order valence-corrected chi connectivity index (χ2v) is 22.6. The van der Waals surface area contributed by atoms with Gasteiger partial charge in [0, 0.05) is 6.42 Å². The predicted octanol–water partition coefficient (Wildman–Crippen LogP) is 13.4. The van der Waals surface area contributed by atoms with Crippen molar-refractivity contribution in [1.29, 1.82) is 0 Å². The molecule has 8 N–H and O–H groups in total. The fourth-order valence-electron chi connectivity index (χ4n) is 9.91. The van der Waals surface area contributed by atoms with E-state index in [1.807, 2.05) is 0 Å². The van der Waals surface area contributed by atoms with Crippen LogP contribution in [-0.2, 0) is 18.4 Å². The van der Waals surface area contributed by atoms with Crippen LogP contribution < -0.4 is 5.32 Å². The van der Waals surface area contributed by atoms with Gasteiger partial charge in [-0.05, 0) is 12.8 Å². The Labute approximate surface area is 423 Å². The van der Waals surface area contributed by atoms with Crippen LogP contribution in [0.25, 0.3) is 0 Å². The standard InChI is InChI=1S/C56H112NO11P/c1-3-5-7-9-11-13-15-17-19-20-21-22-23-24-25-26-27-28-29-30-31-32-34-36-38-40-42-44-46-50(59)57-48(47-67-69(65,66)68-56-54(63)52(61)51(60)53(62)55(56)64)49(58)45-43-41-39-37-35-33-18-16-14-12-10-8-6-4-2/h48-49,51-56,58,60-64H,3-47H2,1-2H3,(H,57,59)(H,65,66)/t48-,49+,51?,52+,53?,54?,55?,56?/m0/s1. The van der Waals surface area contributed by atoms with Crippen molar-refractivity contribution < 1.29 is 53.9 Å². The highest BCUT2D eigenvalue weighted by Gasteiger charge is 2.51. The maximum Gasteiger partial charge on any atom is 0.472 e. The van der Waals surface area contributed by atoms with E-state index in [9.17, 15) is 44.9 Å². The molecule has 1 amide bonds. The average molecular weight is 1010 g/mol. The summed E-state index contributed by atoms with van der Waals surface area (Å²) in [5.74, 6) is -0.300. The number of aliphatic hydroxyl groups excluding tert-OH is 6. The van der Waals surface area contributed by atoms with E-state index in [1.165, 1.54) is 218 Å². The molecule has 412 valence electrons. The van der Waals surface area contributed by atoms with Gasteiger partial charge in [0.2, 0.25) is 5.91 Å². The normalized spacial score (nSPS) is 21.3. The van der Waals surface area contributed by atoms with E-state index in [1.54, 1.807) is 0 Å². The van der Waals surface area contributed by atoms with Crippen LogP contribution >= 0.6 is 7.82 Å². The van der Waals surface area contributed by atoms with Crippen LogP contribution in [0, 0.1) is 0 Å². The summed E-state index contributed by atoms with van der Waals surface area (Å²) in [5.41, 5.74) is 0. The third-order valence-corrected chi connectivity index (χ3v) is 15.7. The number of amides is 1. The van der Waals surface area contributed by atoms with Gasteiger partial charge in [-0.15, -0.1) is 0 Å². The molecule has 0 bridgehead atoms. The number of rotatable bonds is 51. The molecule has 0 spiro atoms. The maximum atomic E-state index is 13.1. The van der Waals surface area contributed by atoms with E-state index in [0.717, 1.165) is 38.5 Å². The Kier molecular flexibility index (Phi) is 44.2. The topological polar surface area (TPSA) is 206 Å². The summed E-state index contributed by atoms with van der Waals surface area (Å²) in [5, 5.41) is 64.4. The van der Waals surface area contributed by atoms with Crippen LogP contribution in [0.15, 0.2) is 0 Å². The quantitative estimate of drug-likeness (QED) is 0.0213. The highest BCUT2D eigenvalue weighted by Crippen LogP contribution is 2.47. The van der Waals surface area contributed by atoms with Crippen LogP contribution in [0.5, 0.6) is 0 Å². The van der Waals surface area contributed by atoms with Crippen LogP contribution in [0.4, 0.5) is 0 Å². The summed E-state index contributed by atoms with van der Waals surface area (Å²) in [6.45, 7) is 3.94. The van der Waals surface area contributed by atoms with Crippen molar-refractivity contribution in [2.45, 2.75) is 345 Å². The van der Waals surface area contributed by atoms with Gasteiger partial charge in [0.1, 0.15) is 36.6 Å². The number of hydrogen-bond donors (Lipinski definition) is 8. The predicted molar refractivity (Wildman–Crippen MR) is 283 cm³/mol. The molecule has 6 unspecified atom stereocenters. The molecular formula is C56H112NO11P. The second kappa shape index (κ2) is 45.9. The van der Waals surface area contributed by atoms with Gasteiger partial charge in [-0.2, -0.15) is 0 Å². The summed E-state index contributed by atoms with van der Waals surface area (Å²) in [4.78, 5) is 23.6. The molecule has 0 aromatic carbocycles. The van der Waals surface area contributed by atoms with Gasteiger partial charge in [0.05, 0.1) is 18.8 Å². The zero-order valence-corrected chi connectivity index (χ0v) is 45.5. The van der Waals surface area contributed by atoms with Crippen molar-refractivity contribution >= 4 is 13.7 Å². The number of phosphoric acid groups is 1. The van der Waals surface area contributed by atoms with Crippen molar-refractivity contribution in [3.63, 3.8) is 0 Å². The molecule has 69 heavy (non-hydrogen) atoms. The molecule has 1 saturated carbocycles. The Morgan fingerprint density at radius 3 is 1.00 bits per heavy atom. The Morgan fingerprint density at radius 1 is 0.435 bits per heavy atom. The molecule has 1 fully saturated rings. The molecule has 13 heteroatoms. The maximum absolute atomic E-state index is 13.1. The summed E-state index contributed by atoms with van der Waals surface area (Å²) in [6.07, 6.45) is 41.5. The first-order chi connectivity index (χ1) is 33.4. The fourth-order valence-corrected chi connectivity index (χ4v) is 10.9. The molecule has 9 atom stereocenters.